The number of ether oxygens (including phenoxy) is 1. The smallest absolute Gasteiger partial charge is 0.409 e. The molecular weight excluding hydrogens is 144 g/mol. The van der Waals surface area contributed by atoms with Crippen molar-refractivity contribution in [1.82, 2.24) is 4.90 Å². The van der Waals surface area contributed by atoms with Crippen LogP contribution in [0.1, 0.15) is 12.8 Å². The van der Waals surface area contributed by atoms with Crippen LogP contribution < -0.4 is 5.73 Å². The number of cyclic esters (lactones) is 1. The molecule has 11 heavy (non-hydrogen) atoms. The predicted octanol–water partition coefficient (Wildman–Crippen LogP) is 0.176. The molecule has 0 radical (unpaired) electrons. The van der Waals surface area contributed by atoms with Gasteiger partial charge < -0.3 is 15.4 Å². The lowest BCUT2D eigenvalue weighted by Gasteiger charge is -2.28. The van der Waals surface area contributed by atoms with Crippen LogP contribution >= 0.6 is 0 Å². The molecule has 4 heteroatoms. The van der Waals surface area contributed by atoms with Crippen LogP contribution in [-0.4, -0.2) is 37.2 Å². The summed E-state index contributed by atoms with van der Waals surface area (Å²) in [6, 6.07) is 0. The standard InChI is InChI=1S/C7H14N2O2/c1-9-5-3-6(2-4-8)11-7(9)10/h6H,2-5,8H2,1H3. The molecule has 2 N–H and O–H groups in total. The molecular formula is C7H14N2O2. The fourth-order valence-corrected chi connectivity index (χ4v) is 1.11. The van der Waals surface area contributed by atoms with Gasteiger partial charge in [0.05, 0.1) is 0 Å². The van der Waals surface area contributed by atoms with Crippen molar-refractivity contribution in [2.45, 2.75) is 18.9 Å². The van der Waals surface area contributed by atoms with E-state index in [0.717, 1.165) is 19.4 Å². The Morgan fingerprint density at radius 3 is 3.09 bits per heavy atom. The molecule has 1 aliphatic heterocycles. The van der Waals surface area contributed by atoms with E-state index in [1.54, 1.807) is 11.9 Å². The van der Waals surface area contributed by atoms with E-state index in [1.165, 1.54) is 0 Å². The Balaban J connectivity index is 2.34. The summed E-state index contributed by atoms with van der Waals surface area (Å²) in [6.45, 7) is 1.37. The Hall–Kier alpha value is -0.770. The zero-order valence-corrected chi connectivity index (χ0v) is 6.75. The molecule has 1 saturated heterocycles. The molecule has 1 fully saturated rings. The molecule has 0 aromatic carbocycles. The van der Waals surface area contributed by atoms with Gasteiger partial charge in [-0.2, -0.15) is 0 Å². The molecule has 0 aliphatic carbocycles. The maximum atomic E-state index is 10.9. The quantitative estimate of drug-likeness (QED) is 0.623. The van der Waals surface area contributed by atoms with Crippen LogP contribution in [0.3, 0.4) is 0 Å². The predicted molar refractivity (Wildman–Crippen MR) is 41.2 cm³/mol. The number of nitrogens with two attached hydrogens (primary N) is 1. The largest absolute Gasteiger partial charge is 0.446 e. The highest BCUT2D eigenvalue weighted by molar-refractivity contribution is 5.68. The van der Waals surface area contributed by atoms with Crippen molar-refractivity contribution in [3.63, 3.8) is 0 Å². The second-order valence-electron chi connectivity index (χ2n) is 2.79. The highest BCUT2D eigenvalue weighted by Gasteiger charge is 2.23. The van der Waals surface area contributed by atoms with Gasteiger partial charge >= 0.3 is 6.09 Å². The third-order valence-electron chi connectivity index (χ3n) is 1.85. The molecule has 0 spiro atoms. The highest BCUT2D eigenvalue weighted by Crippen LogP contribution is 2.11. The Bertz CT molecular complexity index is 149. The van der Waals surface area contributed by atoms with Crippen LogP contribution in [0.25, 0.3) is 0 Å². The summed E-state index contributed by atoms with van der Waals surface area (Å²) in [7, 11) is 1.74. The maximum Gasteiger partial charge on any atom is 0.409 e. The van der Waals surface area contributed by atoms with E-state index >= 15 is 0 Å². The first-order valence-corrected chi connectivity index (χ1v) is 3.86. The first-order valence-electron chi connectivity index (χ1n) is 3.86. The molecule has 64 valence electrons. The summed E-state index contributed by atoms with van der Waals surface area (Å²) < 4.78 is 5.05. The van der Waals surface area contributed by atoms with Crippen molar-refractivity contribution in [2.75, 3.05) is 20.1 Å². The molecule has 1 aliphatic rings. The van der Waals surface area contributed by atoms with Gasteiger partial charge in [-0.15, -0.1) is 0 Å². The van der Waals surface area contributed by atoms with E-state index in [0.29, 0.717) is 6.54 Å². The minimum Gasteiger partial charge on any atom is -0.446 e. The molecule has 0 bridgehead atoms. The molecule has 1 heterocycles. The summed E-state index contributed by atoms with van der Waals surface area (Å²) in [4.78, 5) is 12.5. The van der Waals surface area contributed by atoms with Gasteiger partial charge in [0.25, 0.3) is 0 Å². The van der Waals surface area contributed by atoms with Gasteiger partial charge in [-0.05, 0) is 13.0 Å². The summed E-state index contributed by atoms with van der Waals surface area (Å²) in [6.07, 6.45) is 1.50. The molecule has 1 unspecified atom stereocenters. The molecule has 0 aromatic rings. The lowest BCUT2D eigenvalue weighted by atomic mass is 10.1. The normalized spacial score (nSPS) is 25.1. The van der Waals surface area contributed by atoms with Crippen LogP contribution in [-0.2, 0) is 4.74 Å². The minimum absolute atomic E-state index is 0.0451. The van der Waals surface area contributed by atoms with Crippen molar-refractivity contribution in [3.8, 4) is 0 Å². The van der Waals surface area contributed by atoms with E-state index in [4.69, 9.17) is 10.5 Å². The van der Waals surface area contributed by atoms with E-state index in [9.17, 15) is 4.79 Å². The Labute approximate surface area is 66.3 Å². The van der Waals surface area contributed by atoms with Crippen LogP contribution in [0.4, 0.5) is 4.79 Å². The van der Waals surface area contributed by atoms with Gasteiger partial charge in [0, 0.05) is 20.0 Å². The van der Waals surface area contributed by atoms with Gasteiger partial charge in [0.1, 0.15) is 6.10 Å². The van der Waals surface area contributed by atoms with Crippen LogP contribution in [0.2, 0.25) is 0 Å². The summed E-state index contributed by atoms with van der Waals surface area (Å²) in [5, 5.41) is 0. The molecule has 1 rings (SSSR count). The second kappa shape index (κ2) is 3.57. The Morgan fingerprint density at radius 1 is 1.82 bits per heavy atom. The number of carbonyl (C=O) groups is 1. The van der Waals surface area contributed by atoms with Crippen molar-refractivity contribution in [1.29, 1.82) is 0 Å². The number of carbonyl (C=O) groups excluding carboxylic acids is 1. The summed E-state index contributed by atoms with van der Waals surface area (Å²) in [5.74, 6) is 0. The maximum absolute atomic E-state index is 10.9. The van der Waals surface area contributed by atoms with Crippen LogP contribution in [0.15, 0.2) is 0 Å². The lowest BCUT2D eigenvalue weighted by Crippen LogP contribution is -2.40. The first-order chi connectivity index (χ1) is 5.24. The number of rotatable bonds is 2. The second-order valence-corrected chi connectivity index (χ2v) is 2.79. The zero-order chi connectivity index (χ0) is 8.27. The van der Waals surface area contributed by atoms with Gasteiger partial charge in [-0.1, -0.05) is 0 Å². The third-order valence-corrected chi connectivity index (χ3v) is 1.85. The van der Waals surface area contributed by atoms with Gasteiger partial charge in [0.2, 0.25) is 0 Å². The molecule has 1 atom stereocenters. The number of nitrogens with zero attached hydrogens (tertiary/aromatic N) is 1. The molecule has 1 amide bonds. The topological polar surface area (TPSA) is 55.6 Å². The molecule has 4 nitrogen and oxygen atoms in total. The number of hydrogen-bond acceptors (Lipinski definition) is 3. The highest BCUT2D eigenvalue weighted by atomic mass is 16.6. The lowest BCUT2D eigenvalue weighted by molar-refractivity contribution is 0.0306. The third kappa shape index (κ3) is 2.08. The van der Waals surface area contributed by atoms with Crippen molar-refractivity contribution < 1.29 is 9.53 Å². The van der Waals surface area contributed by atoms with Crippen LogP contribution in [0, 0.1) is 0 Å². The molecule has 0 aromatic heterocycles. The minimum atomic E-state index is -0.227. The van der Waals surface area contributed by atoms with E-state index in [1.807, 2.05) is 0 Å². The Kier molecular flexibility index (Phi) is 2.70. The van der Waals surface area contributed by atoms with Gasteiger partial charge in [0.15, 0.2) is 0 Å². The molecule has 0 saturated carbocycles. The fraction of sp³-hybridized carbons (Fsp3) is 0.857. The average Bonchev–Trinajstić information content (AvgIpc) is 1.98. The number of hydrogen-bond donors (Lipinski definition) is 1. The van der Waals surface area contributed by atoms with E-state index in [2.05, 4.69) is 0 Å². The van der Waals surface area contributed by atoms with Gasteiger partial charge in [-0.3, -0.25) is 0 Å². The van der Waals surface area contributed by atoms with E-state index < -0.39 is 0 Å². The number of amides is 1. The van der Waals surface area contributed by atoms with E-state index in [-0.39, 0.29) is 12.2 Å². The first kappa shape index (κ1) is 8.33. The SMILES string of the molecule is CN1CCC(CCN)OC1=O. The zero-order valence-electron chi connectivity index (χ0n) is 6.75. The fourth-order valence-electron chi connectivity index (χ4n) is 1.11. The summed E-state index contributed by atoms with van der Waals surface area (Å²) in [5.41, 5.74) is 5.33. The summed E-state index contributed by atoms with van der Waals surface area (Å²) >= 11 is 0. The Morgan fingerprint density at radius 2 is 2.55 bits per heavy atom. The van der Waals surface area contributed by atoms with Gasteiger partial charge in [-0.25, -0.2) is 4.79 Å². The monoisotopic (exact) mass is 158 g/mol. The average molecular weight is 158 g/mol. The van der Waals surface area contributed by atoms with Crippen molar-refractivity contribution >= 4 is 6.09 Å². The van der Waals surface area contributed by atoms with Crippen molar-refractivity contribution in [3.05, 3.63) is 0 Å². The van der Waals surface area contributed by atoms with Crippen molar-refractivity contribution in [2.24, 2.45) is 5.73 Å². The van der Waals surface area contributed by atoms with Crippen LogP contribution in [0.5, 0.6) is 0 Å².